The summed E-state index contributed by atoms with van der Waals surface area (Å²) in [5.74, 6) is -0.402. The molecular formula is C21H22N4O4S. The second-order valence-electron chi connectivity index (χ2n) is 7.24. The Kier molecular flexibility index (Phi) is 5.40. The molecule has 1 aromatic heterocycles. The normalized spacial score (nSPS) is 14.0. The van der Waals surface area contributed by atoms with Gasteiger partial charge in [0.1, 0.15) is 0 Å². The van der Waals surface area contributed by atoms with Gasteiger partial charge in [-0.15, -0.1) is 0 Å². The van der Waals surface area contributed by atoms with Gasteiger partial charge in [-0.1, -0.05) is 30.3 Å². The Balaban J connectivity index is 1.51. The molecule has 156 valence electrons. The molecule has 0 radical (unpaired) electrons. The summed E-state index contributed by atoms with van der Waals surface area (Å²) >= 11 is 0. The van der Waals surface area contributed by atoms with Crippen molar-refractivity contribution in [2.75, 3.05) is 0 Å². The molecule has 0 spiro atoms. The molecule has 30 heavy (non-hydrogen) atoms. The highest BCUT2D eigenvalue weighted by Gasteiger charge is 2.27. The van der Waals surface area contributed by atoms with Gasteiger partial charge in [0, 0.05) is 24.5 Å². The zero-order valence-electron chi connectivity index (χ0n) is 16.5. The number of carbonyl (C=O) groups excluding carboxylic acids is 1. The molecule has 1 heterocycles. The van der Waals surface area contributed by atoms with Gasteiger partial charge in [-0.3, -0.25) is 9.59 Å². The molecule has 8 nitrogen and oxygen atoms in total. The molecule has 9 heteroatoms. The number of carbonyl (C=O) groups is 1. The van der Waals surface area contributed by atoms with Crippen LogP contribution in [0.1, 0.15) is 35.8 Å². The average Bonchev–Trinajstić information content (AvgIpc) is 3.56. The Morgan fingerprint density at radius 1 is 1.10 bits per heavy atom. The van der Waals surface area contributed by atoms with Crippen molar-refractivity contribution < 1.29 is 13.2 Å². The number of hydrogen-bond acceptors (Lipinski definition) is 5. The summed E-state index contributed by atoms with van der Waals surface area (Å²) in [6.45, 7) is 2.35. The first-order chi connectivity index (χ1) is 14.4. The van der Waals surface area contributed by atoms with E-state index in [2.05, 4.69) is 15.1 Å². The Morgan fingerprint density at radius 2 is 1.77 bits per heavy atom. The van der Waals surface area contributed by atoms with Crippen LogP contribution in [-0.2, 0) is 23.1 Å². The lowest BCUT2D eigenvalue weighted by molar-refractivity contribution is 0.0945. The summed E-state index contributed by atoms with van der Waals surface area (Å²) in [6.07, 6.45) is 1.74. The van der Waals surface area contributed by atoms with Gasteiger partial charge < -0.3 is 5.32 Å². The van der Waals surface area contributed by atoms with E-state index in [4.69, 9.17) is 0 Å². The van der Waals surface area contributed by atoms with Crippen molar-refractivity contribution >= 4 is 26.7 Å². The van der Waals surface area contributed by atoms with Gasteiger partial charge >= 0.3 is 0 Å². The van der Waals surface area contributed by atoms with Gasteiger partial charge in [0.05, 0.1) is 10.3 Å². The quantitative estimate of drug-likeness (QED) is 0.599. The molecule has 2 N–H and O–H groups in total. The van der Waals surface area contributed by atoms with E-state index in [9.17, 15) is 18.0 Å². The summed E-state index contributed by atoms with van der Waals surface area (Å²) in [5.41, 5.74) is 0.697. The van der Waals surface area contributed by atoms with E-state index < -0.39 is 15.9 Å². The Bertz CT molecular complexity index is 1260. The van der Waals surface area contributed by atoms with Crippen molar-refractivity contribution in [1.82, 2.24) is 19.8 Å². The van der Waals surface area contributed by atoms with Crippen LogP contribution in [0.3, 0.4) is 0 Å². The minimum Gasteiger partial charge on any atom is -0.347 e. The Labute approximate surface area is 174 Å². The second-order valence-corrected chi connectivity index (χ2v) is 8.95. The predicted molar refractivity (Wildman–Crippen MR) is 113 cm³/mol. The monoisotopic (exact) mass is 426 g/mol. The lowest BCUT2D eigenvalue weighted by Crippen LogP contribution is -2.30. The van der Waals surface area contributed by atoms with Gasteiger partial charge in [0.15, 0.2) is 5.69 Å². The Morgan fingerprint density at radius 3 is 2.40 bits per heavy atom. The summed E-state index contributed by atoms with van der Waals surface area (Å²) < 4.78 is 28.4. The topological polar surface area (TPSA) is 110 Å². The lowest BCUT2D eigenvalue weighted by atomic mass is 10.1. The number of sulfonamides is 1. The molecule has 1 fully saturated rings. The van der Waals surface area contributed by atoms with E-state index in [1.54, 1.807) is 43.3 Å². The van der Waals surface area contributed by atoms with Crippen LogP contribution < -0.4 is 15.6 Å². The number of aryl methyl sites for hydroxylation is 1. The van der Waals surface area contributed by atoms with Crippen molar-refractivity contribution in [3.63, 3.8) is 0 Å². The Hall–Kier alpha value is -3.04. The van der Waals surface area contributed by atoms with Crippen LogP contribution >= 0.6 is 0 Å². The van der Waals surface area contributed by atoms with Crippen LogP contribution in [0.15, 0.2) is 58.2 Å². The highest BCUT2D eigenvalue weighted by Crippen LogP contribution is 2.22. The summed E-state index contributed by atoms with van der Waals surface area (Å²) in [4.78, 5) is 25.4. The van der Waals surface area contributed by atoms with E-state index in [0.717, 1.165) is 18.4 Å². The summed E-state index contributed by atoms with van der Waals surface area (Å²) in [6, 6.07) is 13.3. The first-order valence-corrected chi connectivity index (χ1v) is 11.3. The van der Waals surface area contributed by atoms with E-state index in [-0.39, 0.29) is 28.7 Å². The number of rotatable bonds is 7. The fraction of sp³-hybridized carbons (Fsp3) is 0.286. The van der Waals surface area contributed by atoms with Crippen molar-refractivity contribution in [3.05, 3.63) is 70.1 Å². The molecule has 1 aliphatic carbocycles. The molecule has 0 atom stereocenters. The lowest BCUT2D eigenvalue weighted by Gasteiger charge is -2.11. The molecule has 0 saturated heterocycles. The fourth-order valence-corrected chi connectivity index (χ4v) is 4.46. The minimum atomic E-state index is -3.50. The van der Waals surface area contributed by atoms with Crippen LogP contribution in [0.4, 0.5) is 0 Å². The highest BCUT2D eigenvalue weighted by molar-refractivity contribution is 7.89. The molecule has 1 saturated carbocycles. The standard InChI is InChI=1S/C21H22N4O4S/c1-2-25-21(27)18-6-4-3-5-17(18)19(23-25)20(26)22-13-14-7-11-16(12-8-14)30(28,29)24-15-9-10-15/h3-8,11-12,15,24H,2,9-10,13H2,1H3,(H,22,26). The fourth-order valence-electron chi connectivity index (χ4n) is 3.16. The molecular weight excluding hydrogens is 404 g/mol. The van der Waals surface area contributed by atoms with Crippen molar-refractivity contribution in [2.45, 2.75) is 43.8 Å². The summed E-state index contributed by atoms with van der Waals surface area (Å²) in [7, 11) is -3.50. The number of nitrogens with one attached hydrogen (secondary N) is 2. The molecule has 1 amide bonds. The average molecular weight is 426 g/mol. The number of amides is 1. The van der Waals surface area contributed by atoms with Gasteiger partial charge in [0.25, 0.3) is 11.5 Å². The van der Waals surface area contributed by atoms with Crippen LogP contribution in [0.25, 0.3) is 10.8 Å². The number of benzene rings is 2. The van der Waals surface area contributed by atoms with Crippen LogP contribution in [0.2, 0.25) is 0 Å². The first kappa shape index (κ1) is 20.2. The van der Waals surface area contributed by atoms with Gasteiger partial charge in [-0.2, -0.15) is 5.10 Å². The maximum absolute atomic E-state index is 12.8. The van der Waals surface area contributed by atoms with Gasteiger partial charge in [-0.25, -0.2) is 17.8 Å². The van der Waals surface area contributed by atoms with Crippen LogP contribution in [0.5, 0.6) is 0 Å². The highest BCUT2D eigenvalue weighted by atomic mass is 32.2. The van der Waals surface area contributed by atoms with E-state index >= 15 is 0 Å². The van der Waals surface area contributed by atoms with Crippen molar-refractivity contribution in [2.24, 2.45) is 0 Å². The summed E-state index contributed by atoms with van der Waals surface area (Å²) in [5, 5.41) is 7.95. The second kappa shape index (κ2) is 8.00. The molecule has 0 aliphatic heterocycles. The van der Waals surface area contributed by atoms with Gasteiger partial charge in [0.2, 0.25) is 10.0 Å². The number of nitrogens with zero attached hydrogens (tertiary/aromatic N) is 2. The zero-order chi connectivity index (χ0) is 21.3. The van der Waals surface area contributed by atoms with Crippen LogP contribution in [-0.4, -0.2) is 30.1 Å². The molecule has 2 aromatic carbocycles. The largest absolute Gasteiger partial charge is 0.347 e. The third kappa shape index (κ3) is 4.12. The maximum atomic E-state index is 12.8. The van der Waals surface area contributed by atoms with E-state index in [1.165, 1.54) is 16.8 Å². The number of hydrogen-bond donors (Lipinski definition) is 2. The van der Waals surface area contributed by atoms with E-state index in [1.807, 2.05) is 0 Å². The van der Waals surface area contributed by atoms with E-state index in [0.29, 0.717) is 17.3 Å². The van der Waals surface area contributed by atoms with Crippen LogP contribution in [0, 0.1) is 0 Å². The molecule has 3 aromatic rings. The number of fused-ring (bicyclic) bond motifs is 1. The van der Waals surface area contributed by atoms with Gasteiger partial charge in [-0.05, 0) is 43.5 Å². The SMILES string of the molecule is CCn1nc(C(=O)NCc2ccc(S(=O)(=O)NC3CC3)cc2)c2ccccc2c1=O. The van der Waals surface area contributed by atoms with Crippen molar-refractivity contribution in [1.29, 1.82) is 0 Å². The van der Waals surface area contributed by atoms with Crippen molar-refractivity contribution in [3.8, 4) is 0 Å². The third-order valence-corrected chi connectivity index (χ3v) is 6.50. The molecule has 4 rings (SSSR count). The maximum Gasteiger partial charge on any atom is 0.274 e. The predicted octanol–water partition coefficient (Wildman–Crippen LogP) is 1.79. The molecule has 1 aliphatic rings. The molecule has 0 unspecified atom stereocenters. The minimum absolute atomic E-state index is 0.0441. The third-order valence-electron chi connectivity index (χ3n) is 4.97. The molecule has 0 bridgehead atoms. The zero-order valence-corrected chi connectivity index (χ0v) is 17.3. The smallest absolute Gasteiger partial charge is 0.274 e. The number of aromatic nitrogens is 2. The first-order valence-electron chi connectivity index (χ1n) is 9.78.